The summed E-state index contributed by atoms with van der Waals surface area (Å²) in [5, 5.41) is 9.22. The first-order valence-corrected chi connectivity index (χ1v) is 9.73. The van der Waals surface area contributed by atoms with Crippen LogP contribution in [0.3, 0.4) is 0 Å². The first-order chi connectivity index (χ1) is 11.0. The topological polar surface area (TPSA) is 82.1 Å². The predicted molar refractivity (Wildman–Crippen MR) is 92.5 cm³/mol. The monoisotopic (exact) mass is 360 g/mol. The van der Waals surface area contributed by atoms with E-state index in [1.165, 1.54) is 0 Å². The zero-order valence-electron chi connectivity index (χ0n) is 15.4. The van der Waals surface area contributed by atoms with Crippen molar-refractivity contribution in [1.29, 1.82) is 0 Å². The summed E-state index contributed by atoms with van der Waals surface area (Å²) in [6, 6.07) is 0. The molecule has 1 aliphatic carbocycles. The third-order valence-electron chi connectivity index (χ3n) is 3.78. The van der Waals surface area contributed by atoms with Crippen molar-refractivity contribution in [1.82, 2.24) is 0 Å². The molecule has 138 valence electrons. The van der Waals surface area contributed by atoms with Gasteiger partial charge in [0.15, 0.2) is 0 Å². The van der Waals surface area contributed by atoms with Gasteiger partial charge in [0.05, 0.1) is 19.6 Å². The summed E-state index contributed by atoms with van der Waals surface area (Å²) < 4.78 is 28.9. The quantitative estimate of drug-likeness (QED) is 0.587. The number of allylic oxidation sites excluding steroid dienone is 4. The summed E-state index contributed by atoms with van der Waals surface area (Å²) in [5.74, 6) is -0.198. The Kier molecular flexibility index (Phi) is 7.26. The number of hydrogen-bond acceptors (Lipinski definition) is 5. The Morgan fingerprint density at radius 1 is 1.33 bits per heavy atom. The Morgan fingerprint density at radius 3 is 2.33 bits per heavy atom. The van der Waals surface area contributed by atoms with Gasteiger partial charge in [-0.3, -0.25) is 13.8 Å². The molecule has 0 radical (unpaired) electrons. The maximum Gasteiger partial charge on any atom is 0.529 e. The minimum absolute atomic E-state index is 0.0532. The fraction of sp³-hybridized carbons (Fsp3) is 0.706. The van der Waals surface area contributed by atoms with Gasteiger partial charge >= 0.3 is 13.8 Å². The minimum Gasteiger partial charge on any atom is -0.481 e. The van der Waals surface area contributed by atoms with E-state index in [2.05, 4.69) is 6.08 Å². The average Bonchev–Trinajstić information content (AvgIpc) is 2.35. The molecule has 6 nitrogen and oxygen atoms in total. The Morgan fingerprint density at radius 2 is 1.88 bits per heavy atom. The van der Waals surface area contributed by atoms with Crippen molar-refractivity contribution in [2.45, 2.75) is 54.4 Å². The van der Waals surface area contributed by atoms with Crippen LogP contribution in [-0.4, -0.2) is 24.3 Å². The molecular formula is C17H29O6P. The van der Waals surface area contributed by atoms with Crippen LogP contribution >= 0.6 is 7.82 Å². The smallest absolute Gasteiger partial charge is 0.481 e. The van der Waals surface area contributed by atoms with E-state index in [-0.39, 0.29) is 25.6 Å². The second kappa shape index (κ2) is 8.32. The molecule has 24 heavy (non-hydrogen) atoms. The molecule has 1 atom stereocenters. The maximum atomic E-state index is 12.8. The normalized spacial score (nSPS) is 19.2. The van der Waals surface area contributed by atoms with Crippen molar-refractivity contribution >= 4 is 13.8 Å². The number of aliphatic carboxylic acids is 1. The van der Waals surface area contributed by atoms with Crippen molar-refractivity contribution < 1.29 is 28.0 Å². The van der Waals surface area contributed by atoms with Crippen molar-refractivity contribution in [3.63, 3.8) is 0 Å². The van der Waals surface area contributed by atoms with Gasteiger partial charge in [-0.05, 0) is 37.8 Å². The molecule has 0 aliphatic heterocycles. The largest absolute Gasteiger partial charge is 0.529 e. The van der Waals surface area contributed by atoms with Gasteiger partial charge in [0, 0.05) is 11.8 Å². The molecule has 0 aromatic rings. The highest BCUT2D eigenvalue weighted by atomic mass is 31.2. The molecule has 0 bridgehead atoms. The molecule has 0 saturated carbocycles. The van der Waals surface area contributed by atoms with Crippen molar-refractivity contribution in [2.75, 3.05) is 13.2 Å². The first kappa shape index (κ1) is 20.9. The van der Waals surface area contributed by atoms with E-state index in [1.54, 1.807) is 13.8 Å². The van der Waals surface area contributed by atoms with E-state index in [0.29, 0.717) is 12.2 Å². The van der Waals surface area contributed by atoms with E-state index in [0.717, 1.165) is 11.1 Å². The van der Waals surface area contributed by atoms with Crippen LogP contribution in [0, 0.1) is 11.3 Å². The number of hydrogen-bond donors (Lipinski definition) is 1. The lowest BCUT2D eigenvalue weighted by molar-refractivity contribution is -0.138. The Hall–Kier alpha value is -1.10. The molecule has 0 heterocycles. The van der Waals surface area contributed by atoms with Gasteiger partial charge in [0.25, 0.3) is 0 Å². The predicted octanol–water partition coefficient (Wildman–Crippen LogP) is 4.93. The third kappa shape index (κ3) is 5.47. The van der Waals surface area contributed by atoms with Crippen LogP contribution in [0.5, 0.6) is 0 Å². The molecular weight excluding hydrogens is 331 g/mol. The van der Waals surface area contributed by atoms with Gasteiger partial charge in [-0.25, -0.2) is 4.57 Å². The summed E-state index contributed by atoms with van der Waals surface area (Å²) >= 11 is 0. The lowest BCUT2D eigenvalue weighted by Gasteiger charge is -2.34. The molecule has 1 unspecified atom stereocenters. The van der Waals surface area contributed by atoms with Crippen molar-refractivity contribution in [3.05, 3.63) is 23.0 Å². The highest BCUT2D eigenvalue weighted by Crippen LogP contribution is 2.55. The molecule has 0 aromatic heterocycles. The van der Waals surface area contributed by atoms with Crippen molar-refractivity contribution in [3.8, 4) is 0 Å². The third-order valence-corrected chi connectivity index (χ3v) is 5.37. The molecule has 1 N–H and O–H groups in total. The van der Waals surface area contributed by atoms with Gasteiger partial charge in [-0.2, -0.15) is 0 Å². The van der Waals surface area contributed by atoms with Gasteiger partial charge < -0.3 is 9.63 Å². The summed E-state index contributed by atoms with van der Waals surface area (Å²) in [6.07, 6.45) is 2.56. The van der Waals surface area contributed by atoms with Crippen LogP contribution in [0.1, 0.15) is 54.4 Å². The van der Waals surface area contributed by atoms with Crippen molar-refractivity contribution in [2.24, 2.45) is 11.3 Å². The van der Waals surface area contributed by atoms with Crippen LogP contribution in [0.15, 0.2) is 23.0 Å². The van der Waals surface area contributed by atoms with Crippen LogP contribution in [-0.2, 0) is 22.9 Å². The molecule has 0 amide bonds. The summed E-state index contributed by atoms with van der Waals surface area (Å²) in [6.45, 7) is 11.5. The standard InChI is InChI=1S/C17H29O6P/c1-7-21-24(20,22-8-2)23-14-10-12(3)9-13(4)16(14)17(5,6)11-15(18)19/h9,12H,7-8,10-11H2,1-6H3,(H,18,19). The number of rotatable bonds is 9. The first-order valence-electron chi connectivity index (χ1n) is 8.27. The van der Waals surface area contributed by atoms with Crippen LogP contribution in [0.4, 0.5) is 0 Å². The van der Waals surface area contributed by atoms with E-state index in [1.807, 2.05) is 27.7 Å². The van der Waals surface area contributed by atoms with E-state index in [4.69, 9.17) is 13.6 Å². The lowest BCUT2D eigenvalue weighted by atomic mass is 9.73. The van der Waals surface area contributed by atoms with Gasteiger partial charge in [-0.15, -0.1) is 0 Å². The number of carboxylic acid groups (broad SMARTS) is 1. The van der Waals surface area contributed by atoms with Crippen LogP contribution in [0.2, 0.25) is 0 Å². The van der Waals surface area contributed by atoms with Gasteiger partial charge in [0.2, 0.25) is 0 Å². The van der Waals surface area contributed by atoms with Crippen LogP contribution < -0.4 is 0 Å². The second-order valence-electron chi connectivity index (χ2n) is 6.66. The maximum absolute atomic E-state index is 12.8. The zero-order valence-corrected chi connectivity index (χ0v) is 16.3. The molecule has 0 aromatic carbocycles. The molecule has 1 rings (SSSR count). The number of carboxylic acids is 1. The number of phosphoric acid groups is 1. The average molecular weight is 360 g/mol. The van der Waals surface area contributed by atoms with Gasteiger partial charge in [-0.1, -0.05) is 26.8 Å². The summed E-state index contributed by atoms with van der Waals surface area (Å²) in [7, 11) is -3.71. The Labute approximate surface area is 144 Å². The zero-order chi connectivity index (χ0) is 18.5. The molecule has 0 saturated heterocycles. The number of carbonyl (C=O) groups is 1. The SMILES string of the molecule is CCOP(=O)(OCC)OC1=C(C(C)(C)CC(=O)O)C(C)=CC(C)C1. The molecule has 0 spiro atoms. The highest BCUT2D eigenvalue weighted by Gasteiger charge is 2.37. The Bertz CT molecular complexity index is 566. The number of phosphoric ester groups is 1. The minimum atomic E-state index is -3.71. The molecule has 7 heteroatoms. The van der Waals surface area contributed by atoms with Crippen LogP contribution in [0.25, 0.3) is 0 Å². The Balaban J connectivity index is 3.33. The molecule has 1 aliphatic rings. The van der Waals surface area contributed by atoms with E-state index < -0.39 is 19.2 Å². The van der Waals surface area contributed by atoms with Gasteiger partial charge in [0.1, 0.15) is 5.76 Å². The fourth-order valence-electron chi connectivity index (χ4n) is 3.19. The van der Waals surface area contributed by atoms with E-state index in [9.17, 15) is 14.5 Å². The fourth-order valence-corrected chi connectivity index (χ4v) is 4.43. The summed E-state index contributed by atoms with van der Waals surface area (Å²) in [5.41, 5.74) is 1.04. The second-order valence-corrected chi connectivity index (χ2v) is 8.25. The summed E-state index contributed by atoms with van der Waals surface area (Å²) in [4.78, 5) is 11.2. The lowest BCUT2D eigenvalue weighted by Crippen LogP contribution is -2.25. The highest BCUT2D eigenvalue weighted by molar-refractivity contribution is 7.48. The molecule has 0 fully saturated rings. The van der Waals surface area contributed by atoms with E-state index >= 15 is 0 Å².